The van der Waals surface area contributed by atoms with Gasteiger partial charge in [-0.15, -0.1) is 0 Å². The smallest absolute Gasteiger partial charge is 0.425 e. The molecule has 19 heavy (non-hydrogen) atoms. The molecular formula is C12H21F3N2O2. The number of alkyl halides is 3. The summed E-state index contributed by atoms with van der Waals surface area (Å²) in [6.07, 6.45) is -9.20. The lowest BCUT2D eigenvalue weighted by Gasteiger charge is -2.42. The molecule has 0 radical (unpaired) electrons. The lowest BCUT2D eigenvalue weighted by Crippen LogP contribution is -2.55. The van der Waals surface area contributed by atoms with Gasteiger partial charge in [0.1, 0.15) is 0 Å². The minimum atomic E-state index is -4.88. The first kappa shape index (κ1) is 9.05. The van der Waals surface area contributed by atoms with E-state index in [4.69, 9.17) is 8.22 Å². The summed E-state index contributed by atoms with van der Waals surface area (Å²) in [5.41, 5.74) is -1.17. The fourth-order valence-electron chi connectivity index (χ4n) is 1.09. The van der Waals surface area contributed by atoms with Gasteiger partial charge in [-0.1, -0.05) is 0 Å². The van der Waals surface area contributed by atoms with Gasteiger partial charge in [0.05, 0.1) is 2.74 Å². The lowest BCUT2D eigenvalue weighted by atomic mass is 10.1. The highest BCUT2D eigenvalue weighted by molar-refractivity contribution is 5.68. The molecule has 1 aliphatic heterocycles. The van der Waals surface area contributed by atoms with Gasteiger partial charge in [-0.25, -0.2) is 4.79 Å². The predicted octanol–water partition coefficient (Wildman–Crippen LogP) is 2.49. The highest BCUT2D eigenvalue weighted by Crippen LogP contribution is 2.23. The van der Waals surface area contributed by atoms with E-state index in [-0.39, 0.29) is 4.90 Å². The molecule has 0 saturated carbocycles. The molecule has 1 saturated heterocycles. The number of hydrogen-bond acceptors (Lipinski definition) is 3. The van der Waals surface area contributed by atoms with Gasteiger partial charge >= 0.3 is 12.3 Å². The van der Waals surface area contributed by atoms with E-state index in [0.717, 1.165) is 0 Å². The number of nitrogens with zero attached hydrogens (tertiary/aromatic N) is 2. The van der Waals surface area contributed by atoms with Gasteiger partial charge in [-0.2, -0.15) is 13.2 Å². The van der Waals surface area contributed by atoms with Crippen molar-refractivity contribution in [2.45, 2.75) is 45.5 Å². The van der Waals surface area contributed by atoms with Crippen LogP contribution < -0.4 is 0 Å². The molecule has 1 aliphatic rings. The number of amides is 1. The first-order valence-electron chi connectivity index (χ1n) is 8.72. The number of carbonyl (C=O) groups excluding carboxylic acids is 1. The van der Waals surface area contributed by atoms with Crippen LogP contribution in [0.1, 0.15) is 35.9 Å². The highest BCUT2D eigenvalue weighted by atomic mass is 19.4. The number of hydrogen-bond donors (Lipinski definition) is 0. The molecule has 7 heteroatoms. The van der Waals surface area contributed by atoms with Gasteiger partial charge in [-0.3, -0.25) is 4.90 Å². The second kappa shape index (κ2) is 5.56. The number of piperazine rings is 1. The van der Waals surface area contributed by atoms with E-state index >= 15 is 0 Å². The summed E-state index contributed by atoms with van der Waals surface area (Å²) in [6.45, 7) is -4.95. The molecule has 1 heterocycles. The van der Waals surface area contributed by atoms with Crippen LogP contribution in [-0.2, 0) is 4.74 Å². The summed E-state index contributed by atoms with van der Waals surface area (Å²) in [6, 6.07) is 0. The maximum absolute atomic E-state index is 12.5. The molecule has 0 N–H and O–H groups in total. The Morgan fingerprint density at radius 1 is 1.26 bits per heavy atom. The zero-order valence-electron chi connectivity index (χ0n) is 17.1. The average molecular weight is 288 g/mol. The Morgan fingerprint density at radius 3 is 2.11 bits per heavy atom. The fourth-order valence-corrected chi connectivity index (χ4v) is 1.09. The topological polar surface area (TPSA) is 32.8 Å². The minimum Gasteiger partial charge on any atom is -0.437 e. The average Bonchev–Trinajstić information content (AvgIpc) is 2.33. The van der Waals surface area contributed by atoms with Crippen molar-refractivity contribution < 1.29 is 30.9 Å². The molecule has 0 aliphatic carbocycles. The largest absolute Gasteiger partial charge is 0.437 e. The van der Waals surface area contributed by atoms with Crippen molar-refractivity contribution in [1.29, 1.82) is 0 Å². The SMILES string of the molecule is [2H]C1N(C(=O)OC(C)C(F)(F)F)C([2H])C([2H])([2H])N(C(C)(C)C)C1([2H])[2H]. The van der Waals surface area contributed by atoms with E-state index in [1.165, 1.54) is 20.8 Å². The molecule has 0 aromatic carbocycles. The third-order valence-electron chi connectivity index (χ3n) is 2.27. The molecule has 1 fully saturated rings. The van der Waals surface area contributed by atoms with Crippen LogP contribution in [0.25, 0.3) is 0 Å². The molecule has 0 aromatic heterocycles. The summed E-state index contributed by atoms with van der Waals surface area (Å²) in [5.74, 6) is 0. The standard InChI is InChI=1S/C12H21F3N2O2/c1-9(12(13,14)15)19-10(18)16-5-7-17(8-6-16)11(2,3)4/h9H,5-8H2,1-4H3/i5D,6D,7D2,8D2. The van der Waals surface area contributed by atoms with Gasteiger partial charge in [0.15, 0.2) is 6.10 Å². The second-order valence-corrected chi connectivity index (χ2v) is 5.00. The second-order valence-electron chi connectivity index (χ2n) is 5.00. The van der Waals surface area contributed by atoms with Gasteiger partial charge < -0.3 is 9.64 Å². The summed E-state index contributed by atoms with van der Waals surface area (Å²) in [7, 11) is 0. The molecule has 4 nitrogen and oxygen atoms in total. The van der Waals surface area contributed by atoms with E-state index < -0.39 is 49.9 Å². The van der Waals surface area contributed by atoms with E-state index in [0.29, 0.717) is 11.8 Å². The van der Waals surface area contributed by atoms with Gasteiger partial charge in [0.25, 0.3) is 0 Å². The van der Waals surface area contributed by atoms with Crippen LogP contribution in [0.3, 0.4) is 0 Å². The quantitative estimate of drug-likeness (QED) is 0.743. The Morgan fingerprint density at radius 2 is 1.74 bits per heavy atom. The molecular weight excluding hydrogens is 261 g/mol. The van der Waals surface area contributed by atoms with Gasteiger partial charge in [-0.05, 0) is 27.7 Å². The Hall–Kier alpha value is -0.980. The van der Waals surface area contributed by atoms with E-state index in [2.05, 4.69) is 4.74 Å². The van der Waals surface area contributed by atoms with E-state index in [9.17, 15) is 18.0 Å². The first-order valence-corrected chi connectivity index (χ1v) is 5.57. The zero-order chi connectivity index (χ0) is 20.2. The summed E-state index contributed by atoms with van der Waals surface area (Å²) in [5, 5.41) is 0. The van der Waals surface area contributed by atoms with Crippen LogP contribution in [0.15, 0.2) is 0 Å². The van der Waals surface area contributed by atoms with Crippen LogP contribution in [0.4, 0.5) is 18.0 Å². The van der Waals surface area contributed by atoms with Crippen LogP contribution in [0.2, 0.25) is 0 Å². The van der Waals surface area contributed by atoms with Crippen molar-refractivity contribution in [3.05, 3.63) is 0 Å². The van der Waals surface area contributed by atoms with Gasteiger partial charge in [0.2, 0.25) is 0 Å². The maximum Gasteiger partial charge on any atom is 0.425 e. The third kappa shape index (κ3) is 4.56. The van der Waals surface area contributed by atoms with Crippen LogP contribution in [0.5, 0.6) is 0 Å². The molecule has 0 spiro atoms. The normalized spacial score (nSPS) is 37.9. The minimum absolute atomic E-state index is 0.0461. The number of carbonyl (C=O) groups is 1. The van der Waals surface area contributed by atoms with Crippen molar-refractivity contribution in [1.82, 2.24) is 9.80 Å². The number of ether oxygens (including phenoxy) is 1. The molecule has 3 atom stereocenters. The summed E-state index contributed by atoms with van der Waals surface area (Å²) >= 11 is 0. The van der Waals surface area contributed by atoms with Crippen molar-refractivity contribution in [3.63, 3.8) is 0 Å². The Bertz CT molecular complexity index is 504. The molecule has 112 valence electrons. The fraction of sp³-hybridized carbons (Fsp3) is 0.917. The van der Waals surface area contributed by atoms with Crippen molar-refractivity contribution in [3.8, 4) is 0 Å². The molecule has 1 amide bonds. The molecule has 3 unspecified atom stereocenters. The van der Waals surface area contributed by atoms with Gasteiger partial charge in [0, 0.05) is 37.1 Å². The summed E-state index contributed by atoms with van der Waals surface area (Å²) < 4.78 is 89.8. The van der Waals surface area contributed by atoms with Crippen LogP contribution in [0, 0.1) is 0 Å². The molecule has 0 aromatic rings. The lowest BCUT2D eigenvalue weighted by molar-refractivity contribution is -0.200. The molecule has 0 bridgehead atoms. The highest BCUT2D eigenvalue weighted by Gasteiger charge is 2.40. The first-order chi connectivity index (χ1) is 10.9. The van der Waals surface area contributed by atoms with Crippen molar-refractivity contribution >= 4 is 6.09 Å². The Kier molecular flexibility index (Phi) is 2.65. The predicted molar refractivity (Wildman–Crippen MR) is 64.9 cm³/mol. The third-order valence-corrected chi connectivity index (χ3v) is 2.27. The van der Waals surface area contributed by atoms with Crippen LogP contribution >= 0.6 is 0 Å². The van der Waals surface area contributed by atoms with E-state index in [1.54, 1.807) is 0 Å². The number of rotatable bonds is 1. The Labute approximate surface area is 119 Å². The van der Waals surface area contributed by atoms with Crippen molar-refractivity contribution in [2.75, 3.05) is 26.0 Å². The van der Waals surface area contributed by atoms with Crippen molar-refractivity contribution in [2.24, 2.45) is 0 Å². The number of halogens is 3. The van der Waals surface area contributed by atoms with E-state index in [1.807, 2.05) is 0 Å². The zero-order valence-corrected chi connectivity index (χ0v) is 11.1. The monoisotopic (exact) mass is 288 g/mol. The summed E-state index contributed by atoms with van der Waals surface area (Å²) in [4.78, 5) is 12.7. The Balaban J connectivity index is 3.27. The maximum atomic E-state index is 12.5. The van der Waals surface area contributed by atoms with Crippen LogP contribution in [-0.4, -0.2) is 59.7 Å². The molecule has 1 rings (SSSR count).